The zero-order valence-electron chi connectivity index (χ0n) is 15.6. The standard InChI is InChI=1S/C23H23FN2O/c1-17-13-14-21(20(24)15-17)25-22(27)16-26(2)23(18-9-5-3-6-10-18)19-11-7-4-8-12-19/h3-15,23H,16H2,1-2H3,(H,25,27)/p+1. The zero-order valence-corrected chi connectivity index (χ0v) is 15.6. The summed E-state index contributed by atoms with van der Waals surface area (Å²) in [6, 6.07) is 25.1. The molecule has 3 nitrogen and oxygen atoms in total. The lowest BCUT2D eigenvalue weighted by Crippen LogP contribution is -3.10. The molecule has 0 saturated carbocycles. The van der Waals surface area contributed by atoms with E-state index in [2.05, 4.69) is 29.6 Å². The summed E-state index contributed by atoms with van der Waals surface area (Å²) >= 11 is 0. The monoisotopic (exact) mass is 363 g/mol. The van der Waals surface area contributed by atoms with Crippen LogP contribution < -0.4 is 10.2 Å². The first kappa shape index (κ1) is 18.8. The number of rotatable bonds is 6. The Bertz CT molecular complexity index is 857. The Kier molecular flexibility index (Phi) is 5.99. The topological polar surface area (TPSA) is 33.5 Å². The molecule has 1 atom stereocenters. The number of carbonyl (C=O) groups excluding carboxylic acids is 1. The summed E-state index contributed by atoms with van der Waals surface area (Å²) in [5.41, 5.74) is 3.31. The molecule has 0 fully saturated rings. The van der Waals surface area contributed by atoms with Crippen LogP contribution in [0.2, 0.25) is 0 Å². The first-order valence-corrected chi connectivity index (χ1v) is 9.03. The highest BCUT2D eigenvalue weighted by Crippen LogP contribution is 2.19. The van der Waals surface area contributed by atoms with Crippen LogP contribution in [0.25, 0.3) is 0 Å². The van der Waals surface area contributed by atoms with Crippen molar-refractivity contribution in [3.05, 3.63) is 101 Å². The van der Waals surface area contributed by atoms with E-state index in [1.165, 1.54) is 6.07 Å². The highest BCUT2D eigenvalue weighted by Gasteiger charge is 2.25. The average molecular weight is 363 g/mol. The summed E-state index contributed by atoms with van der Waals surface area (Å²) < 4.78 is 14.0. The first-order valence-electron chi connectivity index (χ1n) is 9.03. The molecule has 0 aliphatic heterocycles. The van der Waals surface area contributed by atoms with Crippen LogP contribution in [0.15, 0.2) is 78.9 Å². The zero-order chi connectivity index (χ0) is 19.2. The molecule has 0 saturated heterocycles. The van der Waals surface area contributed by atoms with Gasteiger partial charge >= 0.3 is 0 Å². The summed E-state index contributed by atoms with van der Waals surface area (Å²) in [5.74, 6) is -0.629. The number of quaternary nitrogens is 1. The highest BCUT2D eigenvalue weighted by atomic mass is 19.1. The normalized spacial score (nSPS) is 12.0. The molecule has 3 rings (SSSR count). The Morgan fingerprint density at radius 3 is 2.04 bits per heavy atom. The number of benzene rings is 3. The van der Waals surface area contributed by atoms with Gasteiger partial charge in [-0.3, -0.25) is 4.79 Å². The van der Waals surface area contributed by atoms with Gasteiger partial charge in [-0.25, -0.2) is 4.39 Å². The summed E-state index contributed by atoms with van der Waals surface area (Å²) in [7, 11) is 1.98. The van der Waals surface area contributed by atoms with Crippen molar-refractivity contribution in [3.8, 4) is 0 Å². The summed E-state index contributed by atoms with van der Waals surface area (Å²) in [6.45, 7) is 2.04. The van der Waals surface area contributed by atoms with Crippen molar-refractivity contribution in [2.24, 2.45) is 0 Å². The number of halogens is 1. The van der Waals surface area contributed by atoms with Gasteiger partial charge < -0.3 is 10.2 Å². The number of carbonyl (C=O) groups is 1. The Hall–Kier alpha value is -2.98. The van der Waals surface area contributed by atoms with Gasteiger partial charge in [0.25, 0.3) is 5.91 Å². The lowest BCUT2D eigenvalue weighted by molar-refractivity contribution is -0.897. The van der Waals surface area contributed by atoms with Crippen LogP contribution in [-0.2, 0) is 4.79 Å². The molecule has 4 heteroatoms. The maximum absolute atomic E-state index is 14.0. The van der Waals surface area contributed by atoms with E-state index < -0.39 is 5.82 Å². The van der Waals surface area contributed by atoms with Crippen molar-refractivity contribution >= 4 is 11.6 Å². The molecule has 138 valence electrons. The fraction of sp³-hybridized carbons (Fsp3) is 0.174. The van der Waals surface area contributed by atoms with E-state index in [4.69, 9.17) is 0 Å². The predicted octanol–water partition coefficient (Wildman–Crippen LogP) is 3.38. The van der Waals surface area contributed by atoms with E-state index in [-0.39, 0.29) is 24.2 Å². The van der Waals surface area contributed by atoms with Gasteiger partial charge in [-0.1, -0.05) is 66.7 Å². The minimum absolute atomic E-state index is 0.0148. The molecule has 0 radical (unpaired) electrons. The maximum Gasteiger partial charge on any atom is 0.279 e. The minimum Gasteiger partial charge on any atom is -0.320 e. The SMILES string of the molecule is Cc1ccc(NC(=O)C[NH+](C)C(c2ccccc2)c2ccccc2)c(F)c1. The number of hydrogen-bond donors (Lipinski definition) is 2. The molecule has 27 heavy (non-hydrogen) atoms. The number of aryl methyl sites for hydroxylation is 1. The van der Waals surface area contributed by atoms with Gasteiger partial charge in [0.2, 0.25) is 0 Å². The van der Waals surface area contributed by atoms with E-state index in [0.717, 1.165) is 21.6 Å². The molecule has 3 aromatic rings. The van der Waals surface area contributed by atoms with Crippen LogP contribution in [0.4, 0.5) is 10.1 Å². The summed E-state index contributed by atoms with van der Waals surface area (Å²) in [6.07, 6.45) is 0. The van der Waals surface area contributed by atoms with Crippen LogP contribution in [0.1, 0.15) is 22.7 Å². The third kappa shape index (κ3) is 4.80. The Labute approximate surface area is 159 Å². The summed E-state index contributed by atoms with van der Waals surface area (Å²) in [5, 5.41) is 2.69. The van der Waals surface area contributed by atoms with Crippen molar-refractivity contribution in [1.82, 2.24) is 0 Å². The number of nitrogens with one attached hydrogen (secondary N) is 2. The van der Waals surface area contributed by atoms with Gasteiger partial charge in [0.05, 0.1) is 12.7 Å². The lowest BCUT2D eigenvalue weighted by atomic mass is 9.97. The third-order valence-corrected chi connectivity index (χ3v) is 4.60. The second-order valence-electron chi connectivity index (χ2n) is 6.81. The van der Waals surface area contributed by atoms with Gasteiger partial charge in [-0.2, -0.15) is 0 Å². The average Bonchev–Trinajstić information content (AvgIpc) is 2.66. The highest BCUT2D eigenvalue weighted by molar-refractivity contribution is 5.91. The molecule has 0 bridgehead atoms. The quantitative estimate of drug-likeness (QED) is 0.692. The molecule has 2 N–H and O–H groups in total. The van der Waals surface area contributed by atoms with Crippen LogP contribution in [0, 0.1) is 12.7 Å². The van der Waals surface area contributed by atoms with E-state index in [9.17, 15) is 9.18 Å². The Morgan fingerprint density at radius 2 is 1.52 bits per heavy atom. The maximum atomic E-state index is 14.0. The van der Waals surface area contributed by atoms with Crippen molar-refractivity contribution in [1.29, 1.82) is 0 Å². The van der Waals surface area contributed by atoms with Crippen molar-refractivity contribution in [2.75, 3.05) is 18.9 Å². The van der Waals surface area contributed by atoms with Crippen LogP contribution in [0.3, 0.4) is 0 Å². The number of hydrogen-bond acceptors (Lipinski definition) is 1. The molecule has 0 heterocycles. The van der Waals surface area contributed by atoms with Gasteiger partial charge in [0.15, 0.2) is 6.54 Å². The van der Waals surface area contributed by atoms with Crippen molar-refractivity contribution in [2.45, 2.75) is 13.0 Å². The van der Waals surface area contributed by atoms with Crippen LogP contribution >= 0.6 is 0 Å². The number of likely N-dealkylation sites (N-methyl/N-ethyl adjacent to an activating group) is 1. The number of anilines is 1. The minimum atomic E-state index is -0.413. The van der Waals surface area contributed by atoms with Gasteiger partial charge in [-0.15, -0.1) is 0 Å². The molecular weight excluding hydrogens is 339 g/mol. The second-order valence-corrected chi connectivity index (χ2v) is 6.81. The second kappa shape index (κ2) is 8.60. The molecule has 3 aromatic carbocycles. The van der Waals surface area contributed by atoms with E-state index in [0.29, 0.717) is 0 Å². The number of amides is 1. The molecular formula is C23H24FN2O+. The lowest BCUT2D eigenvalue weighted by Gasteiger charge is -2.25. The van der Waals surface area contributed by atoms with E-state index in [1.54, 1.807) is 12.1 Å². The van der Waals surface area contributed by atoms with Crippen molar-refractivity contribution < 1.29 is 14.1 Å². The van der Waals surface area contributed by atoms with E-state index in [1.807, 2.05) is 50.4 Å². The largest absolute Gasteiger partial charge is 0.320 e. The Balaban J connectivity index is 1.78. The van der Waals surface area contributed by atoms with Crippen molar-refractivity contribution in [3.63, 3.8) is 0 Å². The van der Waals surface area contributed by atoms with Crippen LogP contribution in [0.5, 0.6) is 0 Å². The molecule has 0 aromatic heterocycles. The van der Waals surface area contributed by atoms with Gasteiger partial charge in [-0.05, 0) is 24.6 Å². The third-order valence-electron chi connectivity index (χ3n) is 4.60. The van der Waals surface area contributed by atoms with Crippen LogP contribution in [-0.4, -0.2) is 19.5 Å². The predicted molar refractivity (Wildman–Crippen MR) is 106 cm³/mol. The smallest absolute Gasteiger partial charge is 0.279 e. The van der Waals surface area contributed by atoms with Gasteiger partial charge in [0.1, 0.15) is 11.9 Å². The van der Waals surface area contributed by atoms with E-state index >= 15 is 0 Å². The molecule has 1 amide bonds. The fourth-order valence-corrected chi connectivity index (χ4v) is 3.32. The molecule has 0 spiro atoms. The fourth-order valence-electron chi connectivity index (χ4n) is 3.32. The molecule has 1 unspecified atom stereocenters. The molecule has 0 aliphatic rings. The summed E-state index contributed by atoms with van der Waals surface area (Å²) in [4.78, 5) is 13.5. The molecule has 0 aliphatic carbocycles. The van der Waals surface area contributed by atoms with Gasteiger partial charge in [0, 0.05) is 11.1 Å². The first-order chi connectivity index (χ1) is 13.0. The Morgan fingerprint density at radius 1 is 0.963 bits per heavy atom.